The number of methoxy groups -OCH3 is 1. The van der Waals surface area contributed by atoms with Gasteiger partial charge in [0.1, 0.15) is 10.0 Å². The van der Waals surface area contributed by atoms with Crippen molar-refractivity contribution in [3.8, 4) is 33.9 Å². The van der Waals surface area contributed by atoms with Crippen molar-refractivity contribution in [2.45, 2.75) is 57.5 Å². The maximum absolute atomic E-state index is 11.8. The van der Waals surface area contributed by atoms with Crippen LogP contribution < -0.4 is 9.47 Å². The number of carboxylic acids is 1. The molecule has 34 heavy (non-hydrogen) atoms. The van der Waals surface area contributed by atoms with Crippen LogP contribution >= 0.6 is 11.3 Å². The molecule has 4 rings (SSSR count). The van der Waals surface area contributed by atoms with E-state index in [4.69, 9.17) is 9.47 Å². The van der Waals surface area contributed by atoms with Gasteiger partial charge in [-0.2, -0.15) is 0 Å². The third kappa shape index (κ3) is 5.57. The van der Waals surface area contributed by atoms with Gasteiger partial charge in [0.2, 0.25) is 0 Å². The number of hydrogen-bond donors (Lipinski definition) is 1. The zero-order valence-corrected chi connectivity index (χ0v) is 20.4. The summed E-state index contributed by atoms with van der Waals surface area (Å²) in [6, 6.07) is 13.3. The fourth-order valence-electron chi connectivity index (χ4n) is 4.17. The van der Waals surface area contributed by atoms with Crippen LogP contribution in [-0.2, 0) is 10.2 Å². The van der Waals surface area contributed by atoms with Gasteiger partial charge in [-0.15, -0.1) is 10.2 Å². The minimum Gasteiger partial charge on any atom is -0.493 e. The topological polar surface area (TPSA) is 81.5 Å². The van der Waals surface area contributed by atoms with Crippen molar-refractivity contribution in [1.82, 2.24) is 10.2 Å². The van der Waals surface area contributed by atoms with Crippen molar-refractivity contribution in [3.63, 3.8) is 0 Å². The smallest absolute Gasteiger partial charge is 0.305 e. The van der Waals surface area contributed by atoms with E-state index in [0.29, 0.717) is 11.5 Å². The highest BCUT2D eigenvalue weighted by atomic mass is 32.1. The molecular weight excluding hydrogens is 448 g/mol. The lowest BCUT2D eigenvalue weighted by atomic mass is 9.79. The second-order valence-corrected chi connectivity index (χ2v) is 9.93. The summed E-state index contributed by atoms with van der Waals surface area (Å²) in [6.07, 6.45) is 4.38. The van der Waals surface area contributed by atoms with Gasteiger partial charge in [-0.05, 0) is 69.4 Å². The number of aromatic nitrogens is 2. The van der Waals surface area contributed by atoms with E-state index in [1.165, 1.54) is 11.3 Å². The van der Waals surface area contributed by atoms with Crippen molar-refractivity contribution in [2.24, 2.45) is 0 Å². The molecule has 6 nitrogen and oxygen atoms in total. The van der Waals surface area contributed by atoms with Crippen molar-refractivity contribution in [3.05, 3.63) is 58.6 Å². The molecule has 0 saturated heterocycles. The number of aryl methyl sites for hydroxylation is 1. The van der Waals surface area contributed by atoms with Crippen LogP contribution in [0.4, 0.5) is 0 Å². The number of aliphatic carboxylic acids is 1. The molecule has 1 aromatic heterocycles. The zero-order chi connectivity index (χ0) is 24.1. The van der Waals surface area contributed by atoms with E-state index < -0.39 is 11.4 Å². The Morgan fingerprint density at radius 2 is 1.97 bits per heavy atom. The van der Waals surface area contributed by atoms with E-state index in [1.807, 2.05) is 56.3 Å². The molecule has 7 heteroatoms. The van der Waals surface area contributed by atoms with E-state index in [2.05, 4.69) is 22.0 Å². The maximum atomic E-state index is 11.8. The summed E-state index contributed by atoms with van der Waals surface area (Å²) in [5.74, 6) is 6.81. The van der Waals surface area contributed by atoms with Crippen LogP contribution in [0.3, 0.4) is 0 Å². The molecule has 1 atom stereocenters. The first kappa shape index (κ1) is 23.8. The number of ether oxygens (including phenoxy) is 2. The van der Waals surface area contributed by atoms with Crippen molar-refractivity contribution < 1.29 is 19.4 Å². The molecule has 0 aliphatic heterocycles. The molecule has 2 aromatic carbocycles. The number of nitrogens with zero attached hydrogens (tertiary/aromatic N) is 2. The van der Waals surface area contributed by atoms with Crippen LogP contribution in [-0.4, -0.2) is 34.5 Å². The molecule has 0 spiro atoms. The standard InChI is InChI=1S/C27H28N2O4S/c1-18-28-29-26(34-18)20-8-6-7-19(15-20)13-14-27(2,17-25(30)31)21-11-12-23(32-3)24(16-21)33-22-9-4-5-10-22/h6-8,11-12,15-16,22H,4-5,9-10,17H2,1-3H3,(H,30,31). The molecule has 1 N–H and O–H groups in total. The quantitative estimate of drug-likeness (QED) is 0.445. The summed E-state index contributed by atoms with van der Waals surface area (Å²) in [5.41, 5.74) is 1.60. The Bertz CT molecular complexity index is 1240. The zero-order valence-electron chi connectivity index (χ0n) is 19.6. The van der Waals surface area contributed by atoms with E-state index in [0.717, 1.165) is 52.4 Å². The van der Waals surface area contributed by atoms with Gasteiger partial charge < -0.3 is 14.6 Å². The average Bonchev–Trinajstić information content (AvgIpc) is 3.49. The highest BCUT2D eigenvalue weighted by Crippen LogP contribution is 2.37. The van der Waals surface area contributed by atoms with Crippen LogP contribution in [0, 0.1) is 18.8 Å². The average molecular weight is 477 g/mol. The Balaban J connectivity index is 1.68. The molecule has 1 unspecified atom stereocenters. The minimum atomic E-state index is -0.915. The largest absolute Gasteiger partial charge is 0.493 e. The highest BCUT2D eigenvalue weighted by Gasteiger charge is 2.30. The summed E-state index contributed by atoms with van der Waals surface area (Å²) in [6.45, 7) is 3.77. The van der Waals surface area contributed by atoms with Gasteiger partial charge >= 0.3 is 5.97 Å². The van der Waals surface area contributed by atoms with Crippen LogP contribution in [0.5, 0.6) is 11.5 Å². The second kappa shape index (κ2) is 10.3. The van der Waals surface area contributed by atoms with Crippen molar-refractivity contribution in [2.75, 3.05) is 7.11 Å². The molecule has 1 fully saturated rings. The van der Waals surface area contributed by atoms with E-state index >= 15 is 0 Å². The Hall–Kier alpha value is -3.37. The molecule has 1 saturated carbocycles. The normalized spacial score (nSPS) is 15.3. The SMILES string of the molecule is COc1ccc(C(C)(C#Cc2cccc(-c3nnc(C)s3)c2)CC(=O)O)cc1OC1CCCC1. The fourth-order valence-corrected chi connectivity index (χ4v) is 4.86. The second-order valence-electron chi connectivity index (χ2n) is 8.75. The van der Waals surface area contributed by atoms with Gasteiger partial charge in [0.25, 0.3) is 0 Å². The predicted molar refractivity (Wildman–Crippen MR) is 132 cm³/mol. The molecule has 0 bridgehead atoms. The molecule has 1 heterocycles. The predicted octanol–water partition coefficient (Wildman–Crippen LogP) is 5.63. The molecule has 1 aliphatic carbocycles. The summed E-state index contributed by atoms with van der Waals surface area (Å²) in [7, 11) is 1.61. The minimum absolute atomic E-state index is 0.134. The van der Waals surface area contributed by atoms with Gasteiger partial charge in [-0.25, -0.2) is 0 Å². The lowest BCUT2D eigenvalue weighted by Crippen LogP contribution is -2.24. The molecule has 1 aliphatic rings. The van der Waals surface area contributed by atoms with Crippen molar-refractivity contribution in [1.29, 1.82) is 0 Å². The molecule has 3 aromatic rings. The maximum Gasteiger partial charge on any atom is 0.305 e. The third-order valence-corrected chi connectivity index (χ3v) is 6.91. The molecule has 176 valence electrons. The first-order chi connectivity index (χ1) is 16.4. The van der Waals surface area contributed by atoms with E-state index in [9.17, 15) is 9.90 Å². The van der Waals surface area contributed by atoms with Crippen LogP contribution in [0.2, 0.25) is 0 Å². The Morgan fingerprint density at radius 3 is 2.65 bits per heavy atom. The third-order valence-electron chi connectivity index (χ3n) is 6.02. The Labute approximate surface area is 204 Å². The summed E-state index contributed by atoms with van der Waals surface area (Å²) >= 11 is 1.52. The van der Waals surface area contributed by atoms with Gasteiger partial charge in [0, 0.05) is 11.1 Å². The highest BCUT2D eigenvalue weighted by molar-refractivity contribution is 7.14. The molecule has 0 radical (unpaired) electrons. The van der Waals surface area contributed by atoms with Gasteiger partial charge in [0.05, 0.1) is 25.0 Å². The lowest BCUT2D eigenvalue weighted by Gasteiger charge is -2.24. The number of benzene rings is 2. The van der Waals surface area contributed by atoms with Crippen LogP contribution in [0.15, 0.2) is 42.5 Å². The number of carbonyl (C=O) groups is 1. The number of hydrogen-bond acceptors (Lipinski definition) is 6. The summed E-state index contributed by atoms with van der Waals surface area (Å²) in [5, 5.41) is 19.7. The number of carboxylic acid groups (broad SMARTS) is 1. The first-order valence-corrected chi connectivity index (χ1v) is 12.2. The van der Waals surface area contributed by atoms with Gasteiger partial charge in [0.15, 0.2) is 11.5 Å². The van der Waals surface area contributed by atoms with Crippen LogP contribution in [0.25, 0.3) is 10.6 Å². The summed E-state index contributed by atoms with van der Waals surface area (Å²) in [4.78, 5) is 11.8. The van der Waals surface area contributed by atoms with Crippen LogP contribution in [0.1, 0.15) is 55.2 Å². The first-order valence-electron chi connectivity index (χ1n) is 11.4. The number of rotatable bonds is 7. The summed E-state index contributed by atoms with van der Waals surface area (Å²) < 4.78 is 11.7. The lowest BCUT2D eigenvalue weighted by molar-refractivity contribution is -0.137. The van der Waals surface area contributed by atoms with E-state index in [-0.39, 0.29) is 12.5 Å². The Kier molecular flexibility index (Phi) is 7.18. The fraction of sp³-hybridized carbons (Fsp3) is 0.370. The monoisotopic (exact) mass is 476 g/mol. The molecular formula is C27H28N2O4S. The van der Waals surface area contributed by atoms with Crippen molar-refractivity contribution >= 4 is 17.3 Å². The van der Waals surface area contributed by atoms with Gasteiger partial charge in [-0.1, -0.05) is 41.4 Å². The molecule has 0 amide bonds. The van der Waals surface area contributed by atoms with E-state index in [1.54, 1.807) is 7.11 Å². The van der Waals surface area contributed by atoms with Gasteiger partial charge in [-0.3, -0.25) is 4.79 Å². The Morgan fingerprint density at radius 1 is 1.18 bits per heavy atom.